The lowest BCUT2D eigenvalue weighted by molar-refractivity contribution is 0.587. The van der Waals surface area contributed by atoms with Gasteiger partial charge in [0.15, 0.2) is 5.58 Å². The molecule has 0 aliphatic carbocycles. The second-order valence-electron chi connectivity index (χ2n) is 24.7. The van der Waals surface area contributed by atoms with E-state index >= 15 is 0 Å². The highest BCUT2D eigenvalue weighted by atomic mass is 16.3. The van der Waals surface area contributed by atoms with Crippen molar-refractivity contribution in [1.29, 1.82) is 0 Å². The van der Waals surface area contributed by atoms with Crippen molar-refractivity contribution in [1.82, 2.24) is 4.57 Å². The SMILES string of the molecule is CC(C)(C)c1ccc(N(c2ccc(C(C)(C)C)cc2)c2cc3c4c(c2)-n2c5oc6ccccc6c5c5cccc(c52)B4c2ccc(C(C)(C)C)cc2N3c2cccc3c2oc2cc(C(C)(C)C)ccc23)cc1. The molecule has 72 heavy (non-hydrogen) atoms. The molecule has 8 aromatic carbocycles. The lowest BCUT2D eigenvalue weighted by atomic mass is 9.33. The van der Waals surface area contributed by atoms with E-state index in [1.807, 2.05) is 0 Å². The standard InChI is InChI=1S/C66H62BN3O2/c1-63(2,3)39-23-29-43(30-24-39)68(44-31-25-40(26-32-44)64(4,5)6)45-37-54-59-55(38-45)70-60-49(58-48-17-13-14-22-56(48)72-62(58)70)19-15-20-51(60)67(59)50-34-28-41(65(7,8)9)35-53(50)69(54)52-21-16-18-47-46-33-27-42(66(10,11)12)36-57(46)71-61(47)52/h13-38H,1-12H3. The zero-order chi connectivity index (χ0) is 50.0. The highest BCUT2D eigenvalue weighted by molar-refractivity contribution is 7.00. The fraction of sp³-hybridized carbons (Fsp3) is 0.242. The first kappa shape index (κ1) is 44.5. The summed E-state index contributed by atoms with van der Waals surface area (Å²) in [5, 5.41) is 5.70. The molecule has 0 atom stereocenters. The van der Waals surface area contributed by atoms with E-state index in [4.69, 9.17) is 8.83 Å². The zero-order valence-electron chi connectivity index (χ0n) is 43.7. The van der Waals surface area contributed by atoms with Crippen molar-refractivity contribution in [3.8, 4) is 5.69 Å². The summed E-state index contributed by atoms with van der Waals surface area (Å²) in [6.07, 6.45) is 0. The van der Waals surface area contributed by atoms with Crippen LogP contribution < -0.4 is 26.2 Å². The van der Waals surface area contributed by atoms with Gasteiger partial charge in [0.2, 0.25) is 5.71 Å². The highest BCUT2D eigenvalue weighted by Gasteiger charge is 2.44. The van der Waals surface area contributed by atoms with Gasteiger partial charge in [-0.1, -0.05) is 180 Å². The normalized spacial score (nSPS) is 13.8. The van der Waals surface area contributed by atoms with Gasteiger partial charge in [0.25, 0.3) is 6.71 Å². The summed E-state index contributed by atoms with van der Waals surface area (Å²) in [7, 11) is 0. The summed E-state index contributed by atoms with van der Waals surface area (Å²) >= 11 is 0. The molecule has 13 rings (SSSR count). The van der Waals surface area contributed by atoms with E-state index in [0.29, 0.717) is 0 Å². The Balaban J connectivity index is 1.18. The lowest BCUT2D eigenvalue weighted by Gasteiger charge is -2.41. The van der Waals surface area contributed by atoms with E-state index in [-0.39, 0.29) is 28.4 Å². The maximum atomic E-state index is 7.20. The van der Waals surface area contributed by atoms with Gasteiger partial charge >= 0.3 is 0 Å². The van der Waals surface area contributed by atoms with Crippen molar-refractivity contribution in [2.75, 3.05) is 9.80 Å². The molecule has 0 fully saturated rings. The Hall–Kier alpha value is -7.44. The topological polar surface area (TPSA) is 37.7 Å². The predicted molar refractivity (Wildman–Crippen MR) is 307 cm³/mol. The third-order valence-corrected chi connectivity index (χ3v) is 15.8. The second-order valence-corrected chi connectivity index (χ2v) is 24.7. The van der Waals surface area contributed by atoms with Gasteiger partial charge in [-0.2, -0.15) is 0 Å². The van der Waals surface area contributed by atoms with Crippen LogP contribution in [0, 0.1) is 0 Å². The Morgan fingerprint density at radius 3 is 1.64 bits per heavy atom. The van der Waals surface area contributed by atoms with Crippen molar-refractivity contribution in [2.24, 2.45) is 0 Å². The number of fused-ring (bicyclic) bond motifs is 12. The van der Waals surface area contributed by atoms with Crippen LogP contribution in [0.25, 0.3) is 60.6 Å². The van der Waals surface area contributed by atoms with Gasteiger partial charge in [-0.15, -0.1) is 0 Å². The van der Waals surface area contributed by atoms with Gasteiger partial charge in [-0.25, -0.2) is 0 Å². The second kappa shape index (κ2) is 15.1. The van der Waals surface area contributed by atoms with Crippen LogP contribution >= 0.6 is 0 Å². The molecular weight excluding hydrogens is 878 g/mol. The lowest BCUT2D eigenvalue weighted by Crippen LogP contribution is -2.60. The van der Waals surface area contributed by atoms with Crippen LogP contribution in [0.4, 0.5) is 34.1 Å². The maximum absolute atomic E-state index is 7.20. The molecular formula is C66H62BN3O2. The fourth-order valence-electron chi connectivity index (χ4n) is 11.8. The minimum Gasteiger partial charge on any atom is -0.454 e. The molecule has 11 aromatic rings. The maximum Gasteiger partial charge on any atom is 0.252 e. The Labute approximate surface area is 423 Å². The zero-order valence-corrected chi connectivity index (χ0v) is 43.7. The first-order valence-electron chi connectivity index (χ1n) is 25.8. The summed E-state index contributed by atoms with van der Waals surface area (Å²) in [4.78, 5) is 4.99. The van der Waals surface area contributed by atoms with Crippen LogP contribution in [-0.4, -0.2) is 11.3 Å². The van der Waals surface area contributed by atoms with Gasteiger partial charge in [0.1, 0.15) is 11.2 Å². The quantitative estimate of drug-likeness (QED) is 0.165. The van der Waals surface area contributed by atoms with Crippen molar-refractivity contribution < 1.29 is 8.83 Å². The van der Waals surface area contributed by atoms with Crippen molar-refractivity contribution in [3.63, 3.8) is 0 Å². The Bertz CT molecular complexity index is 3970. The minimum absolute atomic E-state index is 0.000349. The molecule has 0 saturated heterocycles. The number of para-hydroxylation sites is 3. The van der Waals surface area contributed by atoms with Crippen molar-refractivity contribution in [2.45, 2.75) is 105 Å². The van der Waals surface area contributed by atoms with Gasteiger partial charge in [-0.3, -0.25) is 4.57 Å². The summed E-state index contributed by atoms with van der Waals surface area (Å²) in [5.74, 6) is 0. The largest absolute Gasteiger partial charge is 0.454 e. The number of hydrogen-bond donors (Lipinski definition) is 0. The van der Waals surface area contributed by atoms with Gasteiger partial charge in [0, 0.05) is 50.0 Å². The number of benzene rings is 8. The van der Waals surface area contributed by atoms with Crippen LogP contribution in [0.15, 0.2) is 167 Å². The molecule has 2 aliphatic rings. The first-order valence-corrected chi connectivity index (χ1v) is 25.8. The Kier molecular flexibility index (Phi) is 9.30. The third kappa shape index (κ3) is 6.60. The number of hydrogen-bond acceptors (Lipinski definition) is 4. The van der Waals surface area contributed by atoms with Crippen molar-refractivity contribution >= 4 is 112 Å². The van der Waals surface area contributed by atoms with Crippen molar-refractivity contribution in [3.05, 3.63) is 180 Å². The molecule has 356 valence electrons. The summed E-state index contributed by atoms with van der Waals surface area (Å²) < 4.78 is 16.7. The average molecular weight is 940 g/mol. The number of aromatic nitrogens is 1. The number of anilines is 6. The molecule has 5 heterocycles. The average Bonchev–Trinajstić information content (AvgIpc) is 4.01. The molecule has 0 amide bonds. The molecule has 3 aromatic heterocycles. The van der Waals surface area contributed by atoms with E-state index in [1.165, 1.54) is 49.5 Å². The van der Waals surface area contributed by atoms with Crippen LogP contribution in [0.2, 0.25) is 0 Å². The van der Waals surface area contributed by atoms with E-state index in [0.717, 1.165) is 83.8 Å². The van der Waals surface area contributed by atoms with Gasteiger partial charge in [-0.05, 0) is 121 Å². The van der Waals surface area contributed by atoms with Crippen LogP contribution in [0.3, 0.4) is 0 Å². The highest BCUT2D eigenvalue weighted by Crippen LogP contribution is 2.50. The molecule has 5 nitrogen and oxygen atoms in total. The molecule has 0 N–H and O–H groups in total. The van der Waals surface area contributed by atoms with E-state index in [9.17, 15) is 0 Å². The summed E-state index contributed by atoms with van der Waals surface area (Å²) in [6, 6.07) is 59.4. The third-order valence-electron chi connectivity index (χ3n) is 15.8. The number of furan rings is 2. The molecule has 0 bridgehead atoms. The number of rotatable bonds is 4. The molecule has 0 spiro atoms. The van der Waals surface area contributed by atoms with Crippen LogP contribution in [0.1, 0.15) is 105 Å². The number of nitrogens with zero attached hydrogens (tertiary/aromatic N) is 3. The van der Waals surface area contributed by atoms with Gasteiger partial charge in [0.05, 0.1) is 22.3 Å². The van der Waals surface area contributed by atoms with E-state index in [1.54, 1.807) is 0 Å². The van der Waals surface area contributed by atoms with E-state index < -0.39 is 0 Å². The van der Waals surface area contributed by atoms with Gasteiger partial charge < -0.3 is 18.6 Å². The first-order chi connectivity index (χ1) is 34.2. The molecule has 6 heteroatoms. The molecule has 0 unspecified atom stereocenters. The smallest absolute Gasteiger partial charge is 0.252 e. The van der Waals surface area contributed by atoms with Crippen LogP contribution in [-0.2, 0) is 21.7 Å². The fourth-order valence-corrected chi connectivity index (χ4v) is 11.8. The Morgan fingerprint density at radius 2 is 0.972 bits per heavy atom. The molecule has 0 saturated carbocycles. The Morgan fingerprint density at radius 1 is 0.403 bits per heavy atom. The molecule has 0 radical (unpaired) electrons. The molecule has 2 aliphatic heterocycles. The summed E-state index contributed by atoms with van der Waals surface area (Å²) in [5.41, 5.74) is 21.1. The monoisotopic (exact) mass is 939 g/mol. The summed E-state index contributed by atoms with van der Waals surface area (Å²) in [6.45, 7) is 27.4. The van der Waals surface area contributed by atoms with E-state index in [2.05, 4.69) is 255 Å². The van der Waals surface area contributed by atoms with Crippen LogP contribution in [0.5, 0.6) is 0 Å². The minimum atomic E-state index is -0.106. The predicted octanol–water partition coefficient (Wildman–Crippen LogP) is 16.7.